The second kappa shape index (κ2) is 4.72. The fourth-order valence-corrected chi connectivity index (χ4v) is 2.10. The van der Waals surface area contributed by atoms with E-state index in [1.165, 1.54) is 22.9 Å². The molecule has 2 N–H and O–H groups in total. The molecule has 5 nitrogen and oxygen atoms in total. The van der Waals surface area contributed by atoms with Gasteiger partial charge in [0.1, 0.15) is 11.4 Å². The van der Waals surface area contributed by atoms with Crippen molar-refractivity contribution in [2.45, 2.75) is 13.5 Å². The summed E-state index contributed by atoms with van der Waals surface area (Å²) in [6.07, 6.45) is 1.18. The van der Waals surface area contributed by atoms with Crippen LogP contribution in [0.5, 0.6) is 0 Å². The first-order valence-electron chi connectivity index (χ1n) is 5.78. The summed E-state index contributed by atoms with van der Waals surface area (Å²) in [7, 11) is 1.59. The molecule has 1 aromatic heterocycles. The van der Waals surface area contributed by atoms with Crippen LogP contribution in [0.2, 0.25) is 0 Å². The molecular formula is C13H13FN2O3. The van der Waals surface area contributed by atoms with E-state index in [9.17, 15) is 14.0 Å². The first kappa shape index (κ1) is 13.1. The third kappa shape index (κ3) is 1.95. The molecule has 0 saturated heterocycles. The van der Waals surface area contributed by atoms with E-state index < -0.39 is 17.2 Å². The summed E-state index contributed by atoms with van der Waals surface area (Å²) in [4.78, 5) is 23.3. The van der Waals surface area contributed by atoms with Gasteiger partial charge in [-0.3, -0.25) is 4.79 Å². The van der Waals surface area contributed by atoms with Gasteiger partial charge in [0.2, 0.25) is 5.43 Å². The normalized spacial score (nSPS) is 10.7. The van der Waals surface area contributed by atoms with Gasteiger partial charge in [-0.2, -0.15) is 0 Å². The summed E-state index contributed by atoms with van der Waals surface area (Å²) in [5.41, 5.74) is -0.524. The minimum Gasteiger partial charge on any atom is -0.477 e. The van der Waals surface area contributed by atoms with E-state index in [1.807, 2.05) is 0 Å². The third-order valence-corrected chi connectivity index (χ3v) is 3.01. The minimum absolute atomic E-state index is 0.0595. The number of aromatic nitrogens is 1. The number of carboxylic acid groups (broad SMARTS) is 1. The van der Waals surface area contributed by atoms with E-state index in [4.69, 9.17) is 5.11 Å². The molecule has 2 aromatic rings. The number of rotatable bonds is 3. The number of fused-ring (bicyclic) bond motifs is 1. The van der Waals surface area contributed by atoms with Crippen molar-refractivity contribution < 1.29 is 14.3 Å². The Labute approximate surface area is 108 Å². The molecule has 0 bridgehead atoms. The topological polar surface area (TPSA) is 71.3 Å². The van der Waals surface area contributed by atoms with Gasteiger partial charge in [0.15, 0.2) is 0 Å². The zero-order chi connectivity index (χ0) is 14.2. The quantitative estimate of drug-likeness (QED) is 0.888. The summed E-state index contributed by atoms with van der Waals surface area (Å²) < 4.78 is 15.4. The zero-order valence-electron chi connectivity index (χ0n) is 10.5. The van der Waals surface area contributed by atoms with E-state index in [2.05, 4.69) is 5.32 Å². The lowest BCUT2D eigenvalue weighted by molar-refractivity contribution is 0.0695. The molecule has 0 aliphatic heterocycles. The fourth-order valence-electron chi connectivity index (χ4n) is 2.10. The number of benzene rings is 1. The number of aryl methyl sites for hydroxylation is 1. The highest BCUT2D eigenvalue weighted by Crippen LogP contribution is 2.23. The largest absolute Gasteiger partial charge is 0.477 e. The number of aromatic carboxylic acids is 1. The van der Waals surface area contributed by atoms with Gasteiger partial charge in [-0.25, -0.2) is 9.18 Å². The second-order valence-electron chi connectivity index (χ2n) is 4.03. The summed E-state index contributed by atoms with van der Waals surface area (Å²) in [5.74, 6) is -1.87. The lowest BCUT2D eigenvalue weighted by Crippen LogP contribution is -2.20. The number of nitrogens with one attached hydrogen (secondary N) is 1. The van der Waals surface area contributed by atoms with Crippen LogP contribution in [0.1, 0.15) is 17.3 Å². The van der Waals surface area contributed by atoms with Crippen molar-refractivity contribution in [3.63, 3.8) is 0 Å². The van der Waals surface area contributed by atoms with Gasteiger partial charge in [-0.1, -0.05) is 0 Å². The zero-order valence-corrected chi connectivity index (χ0v) is 10.5. The van der Waals surface area contributed by atoms with Crippen molar-refractivity contribution in [2.24, 2.45) is 0 Å². The Bertz CT molecular complexity index is 722. The van der Waals surface area contributed by atoms with Crippen LogP contribution in [0.4, 0.5) is 10.1 Å². The highest BCUT2D eigenvalue weighted by molar-refractivity contribution is 5.97. The third-order valence-electron chi connectivity index (χ3n) is 3.01. The molecule has 19 heavy (non-hydrogen) atoms. The molecular weight excluding hydrogens is 251 g/mol. The Morgan fingerprint density at radius 1 is 1.47 bits per heavy atom. The maximum Gasteiger partial charge on any atom is 0.341 e. The van der Waals surface area contributed by atoms with E-state index in [0.717, 1.165) is 0 Å². The molecule has 0 unspecified atom stereocenters. The van der Waals surface area contributed by atoms with Gasteiger partial charge in [0.05, 0.1) is 10.9 Å². The SMILES string of the molecule is CCn1cc(C(=O)O)c(=O)c2c(NC)ccc(F)c21. The number of hydrogen-bond acceptors (Lipinski definition) is 3. The molecule has 100 valence electrons. The van der Waals surface area contributed by atoms with Crippen LogP contribution in [0, 0.1) is 5.82 Å². The van der Waals surface area contributed by atoms with E-state index in [1.54, 1.807) is 14.0 Å². The Hall–Kier alpha value is -2.37. The number of anilines is 1. The number of carbonyl (C=O) groups is 1. The molecule has 0 spiro atoms. The van der Waals surface area contributed by atoms with Gasteiger partial charge in [0.25, 0.3) is 0 Å². The van der Waals surface area contributed by atoms with Gasteiger partial charge in [-0.05, 0) is 19.1 Å². The Morgan fingerprint density at radius 3 is 2.68 bits per heavy atom. The molecule has 0 aliphatic carbocycles. The van der Waals surface area contributed by atoms with Crippen molar-refractivity contribution in [2.75, 3.05) is 12.4 Å². The maximum atomic E-state index is 13.9. The van der Waals surface area contributed by atoms with Crippen LogP contribution in [0.3, 0.4) is 0 Å². The average molecular weight is 264 g/mol. The van der Waals surface area contributed by atoms with Gasteiger partial charge < -0.3 is 15.0 Å². The second-order valence-corrected chi connectivity index (χ2v) is 4.03. The number of carboxylic acids is 1. The lowest BCUT2D eigenvalue weighted by atomic mass is 10.1. The first-order chi connectivity index (χ1) is 9.01. The number of pyridine rings is 1. The first-order valence-corrected chi connectivity index (χ1v) is 5.78. The van der Waals surface area contributed by atoms with Crippen LogP contribution in [-0.2, 0) is 6.54 Å². The molecule has 0 saturated carbocycles. The molecule has 0 amide bonds. The van der Waals surface area contributed by atoms with Crippen molar-refractivity contribution in [3.05, 3.63) is 39.9 Å². The van der Waals surface area contributed by atoms with Crippen LogP contribution in [-0.4, -0.2) is 22.7 Å². The molecule has 1 aromatic carbocycles. The highest BCUT2D eigenvalue weighted by atomic mass is 19.1. The van der Waals surface area contributed by atoms with Gasteiger partial charge >= 0.3 is 5.97 Å². The maximum absolute atomic E-state index is 13.9. The van der Waals surface area contributed by atoms with Gasteiger partial charge in [-0.15, -0.1) is 0 Å². The molecule has 1 heterocycles. The smallest absolute Gasteiger partial charge is 0.341 e. The predicted octanol–water partition coefficient (Wildman–Crippen LogP) is 1.90. The van der Waals surface area contributed by atoms with Crippen molar-refractivity contribution in [1.82, 2.24) is 4.57 Å². The summed E-state index contributed by atoms with van der Waals surface area (Å²) >= 11 is 0. The van der Waals surface area contributed by atoms with E-state index in [0.29, 0.717) is 12.2 Å². The van der Waals surface area contributed by atoms with Crippen molar-refractivity contribution in [1.29, 1.82) is 0 Å². The Balaban J connectivity index is 3.07. The Morgan fingerprint density at radius 2 is 2.16 bits per heavy atom. The summed E-state index contributed by atoms with van der Waals surface area (Å²) in [6, 6.07) is 2.67. The molecule has 2 rings (SSSR count). The van der Waals surface area contributed by atoms with Crippen molar-refractivity contribution >= 4 is 22.6 Å². The van der Waals surface area contributed by atoms with Crippen molar-refractivity contribution in [3.8, 4) is 0 Å². The Kier molecular flexibility index (Phi) is 3.25. The van der Waals surface area contributed by atoms with E-state index >= 15 is 0 Å². The number of nitrogens with zero attached hydrogens (tertiary/aromatic N) is 1. The monoisotopic (exact) mass is 264 g/mol. The minimum atomic E-state index is -1.32. The standard InChI is InChI=1S/C13H13FN2O3/c1-3-16-6-7(13(18)19)12(17)10-9(15-2)5-4-8(14)11(10)16/h4-6,15H,3H2,1-2H3,(H,18,19). The molecule has 0 fully saturated rings. The van der Waals surface area contributed by atoms with Crippen LogP contribution in [0.25, 0.3) is 10.9 Å². The highest BCUT2D eigenvalue weighted by Gasteiger charge is 2.18. The molecule has 0 aliphatic rings. The van der Waals surface area contributed by atoms with Crippen LogP contribution in [0.15, 0.2) is 23.1 Å². The summed E-state index contributed by atoms with van der Waals surface area (Å²) in [5, 5.41) is 11.9. The van der Waals surface area contributed by atoms with E-state index in [-0.39, 0.29) is 16.5 Å². The summed E-state index contributed by atoms with van der Waals surface area (Å²) in [6.45, 7) is 2.11. The van der Waals surface area contributed by atoms with Crippen LogP contribution >= 0.6 is 0 Å². The van der Waals surface area contributed by atoms with Gasteiger partial charge in [0, 0.05) is 25.5 Å². The molecule has 0 radical (unpaired) electrons. The van der Waals surface area contributed by atoms with Crippen LogP contribution < -0.4 is 10.7 Å². The molecule has 0 atom stereocenters. The predicted molar refractivity (Wildman–Crippen MR) is 70.3 cm³/mol. The average Bonchev–Trinajstić information content (AvgIpc) is 2.39. The molecule has 6 heteroatoms. The number of hydrogen-bond donors (Lipinski definition) is 2. The lowest BCUT2D eigenvalue weighted by Gasteiger charge is -2.13. The fraction of sp³-hybridized carbons (Fsp3) is 0.231. The number of halogens is 1.